The molecule has 2 heteroatoms. The van der Waals surface area contributed by atoms with Crippen LogP contribution in [0.2, 0.25) is 0 Å². The lowest BCUT2D eigenvalue weighted by molar-refractivity contribution is 0.203. The summed E-state index contributed by atoms with van der Waals surface area (Å²) in [6, 6.07) is 8.55. The van der Waals surface area contributed by atoms with Crippen molar-refractivity contribution >= 4 is 11.8 Å². The Kier molecular flexibility index (Phi) is 4.39. The number of hydrogen-bond donors (Lipinski definition) is 1. The van der Waals surface area contributed by atoms with E-state index in [1.807, 2.05) is 11.8 Å². The molecule has 1 aliphatic rings. The van der Waals surface area contributed by atoms with Crippen LogP contribution in [0.3, 0.4) is 0 Å². The molecular formula is C16H24OS. The van der Waals surface area contributed by atoms with Gasteiger partial charge in [-0.1, -0.05) is 51.5 Å². The Hall–Kier alpha value is -0.470. The molecule has 1 saturated carbocycles. The van der Waals surface area contributed by atoms with Crippen molar-refractivity contribution in [3.05, 3.63) is 35.4 Å². The van der Waals surface area contributed by atoms with Crippen molar-refractivity contribution < 1.29 is 5.11 Å². The number of aliphatic hydroxyl groups is 1. The van der Waals surface area contributed by atoms with E-state index in [4.69, 9.17) is 0 Å². The Morgan fingerprint density at radius 2 is 2.06 bits per heavy atom. The first-order chi connectivity index (χ1) is 8.46. The van der Waals surface area contributed by atoms with Crippen molar-refractivity contribution in [2.24, 2.45) is 0 Å². The minimum absolute atomic E-state index is 0.215. The van der Waals surface area contributed by atoms with Crippen LogP contribution in [0.15, 0.2) is 24.3 Å². The summed E-state index contributed by atoms with van der Waals surface area (Å²) in [6.07, 6.45) is 3.65. The van der Waals surface area contributed by atoms with Gasteiger partial charge in [-0.25, -0.2) is 0 Å². The monoisotopic (exact) mass is 264 g/mol. The van der Waals surface area contributed by atoms with E-state index in [0.29, 0.717) is 0 Å². The van der Waals surface area contributed by atoms with E-state index in [9.17, 15) is 5.11 Å². The maximum atomic E-state index is 10.3. The average Bonchev–Trinajstić information content (AvgIpc) is 2.23. The largest absolute Gasteiger partial charge is 0.388 e. The maximum absolute atomic E-state index is 10.3. The summed E-state index contributed by atoms with van der Waals surface area (Å²) >= 11 is 1.82. The third-order valence-corrected chi connectivity index (χ3v) is 4.89. The molecule has 0 saturated heterocycles. The summed E-state index contributed by atoms with van der Waals surface area (Å²) in [5.74, 6) is 1.52. The molecule has 1 fully saturated rings. The number of aliphatic hydroxyl groups excluding tert-OH is 1. The molecule has 1 N–H and O–H groups in total. The van der Waals surface area contributed by atoms with Crippen LogP contribution in [-0.4, -0.2) is 15.6 Å². The number of thioether (sulfide) groups is 1. The van der Waals surface area contributed by atoms with E-state index in [2.05, 4.69) is 45.0 Å². The minimum Gasteiger partial charge on any atom is -0.388 e. The van der Waals surface area contributed by atoms with Crippen LogP contribution in [0.4, 0.5) is 0 Å². The second-order valence-electron chi connectivity index (χ2n) is 6.24. The predicted octanol–water partition coefficient (Wildman–Crippen LogP) is 4.52. The van der Waals surface area contributed by atoms with Gasteiger partial charge in [-0.2, -0.15) is 11.8 Å². The van der Waals surface area contributed by atoms with Crippen LogP contribution < -0.4 is 0 Å². The first-order valence-electron chi connectivity index (χ1n) is 6.87. The van der Waals surface area contributed by atoms with Crippen molar-refractivity contribution in [1.82, 2.24) is 0 Å². The van der Waals surface area contributed by atoms with E-state index in [-0.39, 0.29) is 10.9 Å². The molecule has 0 aromatic heterocycles. The third kappa shape index (κ3) is 3.76. The van der Waals surface area contributed by atoms with Crippen LogP contribution in [0.5, 0.6) is 0 Å². The van der Waals surface area contributed by atoms with Gasteiger partial charge in [-0.3, -0.25) is 0 Å². The normalized spacial score (nSPS) is 18.4. The van der Waals surface area contributed by atoms with Crippen molar-refractivity contribution in [2.45, 2.75) is 56.8 Å². The number of benzene rings is 1. The van der Waals surface area contributed by atoms with Gasteiger partial charge in [0.1, 0.15) is 0 Å². The standard InChI is InChI=1S/C16H24OS/c1-16(2,3)18-11-15(17)14-9-5-8-13(10-14)12-6-4-7-12/h5,8-10,12,15,17H,4,6-7,11H2,1-3H3. The summed E-state index contributed by atoms with van der Waals surface area (Å²) in [7, 11) is 0. The molecule has 0 heterocycles. The fourth-order valence-corrected chi connectivity index (χ4v) is 3.04. The van der Waals surface area contributed by atoms with Crippen molar-refractivity contribution in [3.8, 4) is 0 Å². The minimum atomic E-state index is -0.339. The second-order valence-corrected chi connectivity index (χ2v) is 8.08. The molecule has 1 aromatic rings. The van der Waals surface area contributed by atoms with Gasteiger partial charge in [0.2, 0.25) is 0 Å². The van der Waals surface area contributed by atoms with Crippen molar-refractivity contribution in [1.29, 1.82) is 0 Å². The molecule has 1 aliphatic carbocycles. The lowest BCUT2D eigenvalue weighted by atomic mass is 9.79. The third-order valence-electron chi connectivity index (χ3n) is 3.55. The first kappa shape index (κ1) is 14.0. The molecule has 0 spiro atoms. The van der Waals surface area contributed by atoms with Gasteiger partial charge in [-0.15, -0.1) is 0 Å². The van der Waals surface area contributed by atoms with Gasteiger partial charge in [0.15, 0.2) is 0 Å². The molecule has 2 rings (SSSR count). The van der Waals surface area contributed by atoms with Crippen LogP contribution in [0.25, 0.3) is 0 Å². The quantitative estimate of drug-likeness (QED) is 0.863. The van der Waals surface area contributed by atoms with E-state index in [1.165, 1.54) is 24.8 Å². The highest BCUT2D eigenvalue weighted by Gasteiger charge is 2.21. The first-order valence-corrected chi connectivity index (χ1v) is 7.86. The van der Waals surface area contributed by atoms with Gasteiger partial charge < -0.3 is 5.11 Å². The fraction of sp³-hybridized carbons (Fsp3) is 0.625. The van der Waals surface area contributed by atoms with E-state index >= 15 is 0 Å². The van der Waals surface area contributed by atoms with E-state index < -0.39 is 0 Å². The highest BCUT2D eigenvalue weighted by molar-refractivity contribution is 8.00. The molecule has 1 unspecified atom stereocenters. The molecule has 1 atom stereocenters. The molecule has 1 nitrogen and oxygen atoms in total. The Morgan fingerprint density at radius 3 is 2.61 bits per heavy atom. The average molecular weight is 264 g/mol. The smallest absolute Gasteiger partial charge is 0.0880 e. The number of hydrogen-bond acceptors (Lipinski definition) is 2. The zero-order valence-electron chi connectivity index (χ0n) is 11.6. The van der Waals surface area contributed by atoms with Gasteiger partial charge in [0, 0.05) is 10.5 Å². The fourth-order valence-electron chi connectivity index (χ4n) is 2.19. The zero-order valence-corrected chi connectivity index (χ0v) is 12.5. The molecular weight excluding hydrogens is 240 g/mol. The Morgan fingerprint density at radius 1 is 1.33 bits per heavy atom. The molecule has 18 heavy (non-hydrogen) atoms. The van der Waals surface area contributed by atoms with Crippen molar-refractivity contribution in [3.63, 3.8) is 0 Å². The second kappa shape index (κ2) is 5.66. The molecule has 0 amide bonds. The SMILES string of the molecule is CC(C)(C)SCC(O)c1cccc(C2CCC2)c1. The van der Waals surface area contributed by atoms with Gasteiger partial charge in [0.25, 0.3) is 0 Å². The van der Waals surface area contributed by atoms with Gasteiger partial charge in [0.05, 0.1) is 6.10 Å². The molecule has 1 aromatic carbocycles. The Balaban J connectivity index is 1.98. The van der Waals surface area contributed by atoms with Crippen LogP contribution >= 0.6 is 11.8 Å². The highest BCUT2D eigenvalue weighted by atomic mass is 32.2. The Bertz CT molecular complexity index is 390. The zero-order chi connectivity index (χ0) is 13.2. The molecule has 100 valence electrons. The van der Waals surface area contributed by atoms with Crippen LogP contribution in [-0.2, 0) is 0 Å². The van der Waals surface area contributed by atoms with Crippen LogP contribution in [0, 0.1) is 0 Å². The van der Waals surface area contributed by atoms with E-state index in [0.717, 1.165) is 17.2 Å². The summed E-state index contributed by atoms with van der Waals surface area (Å²) in [6.45, 7) is 6.57. The topological polar surface area (TPSA) is 20.2 Å². The molecule has 0 aliphatic heterocycles. The van der Waals surface area contributed by atoms with Crippen LogP contribution in [0.1, 0.15) is 63.2 Å². The summed E-state index contributed by atoms with van der Waals surface area (Å²) in [4.78, 5) is 0. The highest BCUT2D eigenvalue weighted by Crippen LogP contribution is 2.37. The number of rotatable bonds is 4. The summed E-state index contributed by atoms with van der Waals surface area (Å²) < 4.78 is 0.215. The Labute approximate surface area is 115 Å². The molecule has 0 bridgehead atoms. The van der Waals surface area contributed by atoms with Gasteiger partial charge in [-0.05, 0) is 29.9 Å². The van der Waals surface area contributed by atoms with Gasteiger partial charge >= 0.3 is 0 Å². The predicted molar refractivity (Wildman–Crippen MR) is 80.2 cm³/mol. The molecule has 0 radical (unpaired) electrons. The lowest BCUT2D eigenvalue weighted by Crippen LogP contribution is -2.13. The summed E-state index contributed by atoms with van der Waals surface area (Å²) in [5, 5.41) is 10.3. The lowest BCUT2D eigenvalue weighted by Gasteiger charge is -2.27. The van der Waals surface area contributed by atoms with E-state index in [1.54, 1.807) is 0 Å². The van der Waals surface area contributed by atoms with Crippen molar-refractivity contribution in [2.75, 3.05) is 5.75 Å². The maximum Gasteiger partial charge on any atom is 0.0880 e. The summed E-state index contributed by atoms with van der Waals surface area (Å²) in [5.41, 5.74) is 2.50.